The molecule has 19 heavy (non-hydrogen) atoms. The van der Waals surface area contributed by atoms with Crippen molar-refractivity contribution in [2.24, 2.45) is 0 Å². The summed E-state index contributed by atoms with van der Waals surface area (Å²) in [6.45, 7) is 1.26. The average molecular weight is 487 g/mol. The van der Waals surface area contributed by atoms with Gasteiger partial charge >= 0.3 is 5.97 Å². The van der Waals surface area contributed by atoms with Gasteiger partial charge in [0.25, 0.3) is 0 Å². The van der Waals surface area contributed by atoms with Crippen LogP contribution in [-0.2, 0) is 9.59 Å². The molecule has 1 amide bonds. The van der Waals surface area contributed by atoms with Crippen LogP contribution in [0.2, 0.25) is 0 Å². The van der Waals surface area contributed by atoms with Crippen molar-refractivity contribution in [2.45, 2.75) is 6.92 Å². The van der Waals surface area contributed by atoms with Crippen molar-refractivity contribution in [3.63, 3.8) is 0 Å². The number of nitrogens with one attached hydrogen (secondary N) is 1. The van der Waals surface area contributed by atoms with Gasteiger partial charge in [-0.05, 0) is 63.4 Å². The molecule has 0 aromatic heterocycles. The Kier molecular flexibility index (Phi) is 6.04. The lowest BCUT2D eigenvalue weighted by molar-refractivity contribution is -0.134. The SMILES string of the molecule is COc1c(I)cc(I)cc1C=C(NC(C)=O)C(=O)O. The summed E-state index contributed by atoms with van der Waals surface area (Å²) < 4.78 is 7.07. The fourth-order valence-electron chi connectivity index (χ4n) is 1.40. The molecular formula is C12H11I2NO4. The summed E-state index contributed by atoms with van der Waals surface area (Å²) in [4.78, 5) is 22.1. The van der Waals surface area contributed by atoms with Crippen molar-refractivity contribution < 1.29 is 19.4 Å². The number of carboxylic acid groups (broad SMARTS) is 1. The molecule has 1 aromatic rings. The second-order valence-electron chi connectivity index (χ2n) is 3.55. The van der Waals surface area contributed by atoms with E-state index in [9.17, 15) is 9.59 Å². The van der Waals surface area contributed by atoms with Gasteiger partial charge in [0.05, 0.1) is 10.7 Å². The van der Waals surface area contributed by atoms with Gasteiger partial charge in [-0.25, -0.2) is 4.79 Å². The highest BCUT2D eigenvalue weighted by molar-refractivity contribution is 14.1. The van der Waals surface area contributed by atoms with Crippen LogP contribution in [0.3, 0.4) is 0 Å². The number of amides is 1. The summed E-state index contributed by atoms with van der Waals surface area (Å²) in [5, 5.41) is 11.3. The highest BCUT2D eigenvalue weighted by atomic mass is 127. The Hall–Kier alpha value is -0.840. The highest BCUT2D eigenvalue weighted by Crippen LogP contribution is 2.29. The van der Waals surface area contributed by atoms with Crippen molar-refractivity contribution in [3.05, 3.63) is 30.5 Å². The van der Waals surface area contributed by atoms with Gasteiger partial charge < -0.3 is 15.2 Å². The quantitative estimate of drug-likeness (QED) is 0.506. The molecule has 0 radical (unpaired) electrons. The predicted molar refractivity (Wildman–Crippen MR) is 87.9 cm³/mol. The van der Waals surface area contributed by atoms with Gasteiger partial charge in [-0.15, -0.1) is 0 Å². The van der Waals surface area contributed by atoms with E-state index in [-0.39, 0.29) is 5.70 Å². The topological polar surface area (TPSA) is 75.6 Å². The molecule has 0 aliphatic carbocycles. The molecule has 0 fully saturated rings. The molecule has 0 saturated heterocycles. The van der Waals surface area contributed by atoms with E-state index in [1.54, 1.807) is 6.07 Å². The van der Waals surface area contributed by atoms with Gasteiger partial charge in [0.15, 0.2) is 0 Å². The molecule has 0 aliphatic heterocycles. The molecule has 5 nitrogen and oxygen atoms in total. The van der Waals surface area contributed by atoms with Crippen LogP contribution >= 0.6 is 45.2 Å². The molecule has 0 saturated carbocycles. The van der Waals surface area contributed by atoms with Gasteiger partial charge in [-0.2, -0.15) is 0 Å². The van der Waals surface area contributed by atoms with Crippen LogP contribution < -0.4 is 10.1 Å². The van der Waals surface area contributed by atoms with Crippen LogP contribution in [0, 0.1) is 7.14 Å². The Labute approximate surface area is 137 Å². The minimum atomic E-state index is -1.20. The first kappa shape index (κ1) is 16.2. The van der Waals surface area contributed by atoms with E-state index >= 15 is 0 Å². The molecular weight excluding hydrogens is 476 g/mol. The molecule has 0 aliphatic rings. The van der Waals surface area contributed by atoms with Gasteiger partial charge in [0.2, 0.25) is 5.91 Å². The number of carbonyl (C=O) groups excluding carboxylic acids is 1. The average Bonchev–Trinajstić information content (AvgIpc) is 2.26. The zero-order valence-electron chi connectivity index (χ0n) is 10.2. The maximum Gasteiger partial charge on any atom is 0.352 e. The van der Waals surface area contributed by atoms with Crippen LogP contribution in [0.5, 0.6) is 5.75 Å². The van der Waals surface area contributed by atoms with E-state index in [2.05, 4.69) is 50.5 Å². The zero-order valence-corrected chi connectivity index (χ0v) is 14.5. The third-order valence-corrected chi connectivity index (χ3v) is 3.51. The predicted octanol–water partition coefficient (Wildman–Crippen LogP) is 2.47. The van der Waals surface area contributed by atoms with Crippen LogP contribution in [-0.4, -0.2) is 24.1 Å². The Morgan fingerprint density at radius 3 is 2.47 bits per heavy atom. The number of halogens is 2. The van der Waals surface area contributed by atoms with Crippen LogP contribution in [0.15, 0.2) is 17.8 Å². The monoisotopic (exact) mass is 487 g/mol. The molecule has 0 bridgehead atoms. The maximum atomic E-state index is 11.1. The summed E-state index contributed by atoms with van der Waals surface area (Å²) in [7, 11) is 1.51. The Bertz CT molecular complexity index is 555. The van der Waals surface area contributed by atoms with E-state index in [0.717, 1.165) is 7.14 Å². The fourth-order valence-corrected chi connectivity index (χ4v) is 3.51. The number of ether oxygens (including phenoxy) is 1. The van der Waals surface area contributed by atoms with E-state index in [4.69, 9.17) is 9.84 Å². The molecule has 7 heteroatoms. The molecule has 102 valence electrons. The van der Waals surface area contributed by atoms with E-state index in [1.807, 2.05) is 6.07 Å². The first-order valence-electron chi connectivity index (χ1n) is 5.10. The van der Waals surface area contributed by atoms with E-state index in [1.165, 1.54) is 20.1 Å². The summed E-state index contributed by atoms with van der Waals surface area (Å²) >= 11 is 4.24. The standard InChI is InChI=1S/C12H11I2NO4/c1-6(16)15-10(12(17)18)4-7-3-8(13)5-9(14)11(7)19-2/h3-5H,1-2H3,(H,15,16)(H,17,18). The fraction of sp³-hybridized carbons (Fsp3) is 0.167. The molecule has 0 spiro atoms. The molecule has 2 N–H and O–H groups in total. The van der Waals surface area contributed by atoms with Gasteiger partial charge in [-0.1, -0.05) is 0 Å². The van der Waals surface area contributed by atoms with E-state index < -0.39 is 11.9 Å². The molecule has 1 rings (SSSR count). The summed E-state index contributed by atoms with van der Waals surface area (Å²) in [6.07, 6.45) is 1.38. The number of aliphatic carboxylic acids is 1. The Balaban J connectivity index is 3.34. The van der Waals surface area contributed by atoms with Crippen LogP contribution in [0.25, 0.3) is 6.08 Å². The Morgan fingerprint density at radius 1 is 1.37 bits per heavy atom. The van der Waals surface area contributed by atoms with Crippen LogP contribution in [0.4, 0.5) is 0 Å². The van der Waals surface area contributed by atoms with E-state index in [0.29, 0.717) is 11.3 Å². The second kappa shape index (κ2) is 7.08. The van der Waals surface area contributed by atoms with Crippen LogP contribution in [0.1, 0.15) is 12.5 Å². The molecule has 0 atom stereocenters. The number of carbonyl (C=O) groups is 2. The summed E-state index contributed by atoms with van der Waals surface area (Å²) in [6, 6.07) is 3.70. The zero-order chi connectivity index (χ0) is 14.6. The Morgan fingerprint density at radius 2 is 2.00 bits per heavy atom. The first-order chi connectivity index (χ1) is 8.85. The molecule has 1 aromatic carbocycles. The minimum absolute atomic E-state index is 0.191. The minimum Gasteiger partial charge on any atom is -0.495 e. The second-order valence-corrected chi connectivity index (χ2v) is 5.96. The third kappa shape index (κ3) is 4.64. The number of hydrogen-bond donors (Lipinski definition) is 2. The maximum absolute atomic E-state index is 11.1. The normalized spacial score (nSPS) is 11.1. The van der Waals surface area contributed by atoms with Crippen molar-refractivity contribution in [3.8, 4) is 5.75 Å². The first-order valence-corrected chi connectivity index (χ1v) is 7.26. The van der Waals surface area contributed by atoms with Crippen molar-refractivity contribution >= 4 is 63.1 Å². The smallest absolute Gasteiger partial charge is 0.352 e. The summed E-state index contributed by atoms with van der Waals surface area (Å²) in [5.74, 6) is -1.07. The number of benzene rings is 1. The largest absolute Gasteiger partial charge is 0.495 e. The summed E-state index contributed by atoms with van der Waals surface area (Å²) in [5.41, 5.74) is 0.411. The molecule has 0 unspecified atom stereocenters. The van der Waals surface area contributed by atoms with Crippen molar-refractivity contribution in [2.75, 3.05) is 7.11 Å². The number of rotatable bonds is 4. The lowest BCUT2D eigenvalue weighted by Gasteiger charge is -2.10. The lowest BCUT2D eigenvalue weighted by atomic mass is 10.1. The molecule has 0 heterocycles. The van der Waals surface area contributed by atoms with Gasteiger partial charge in [0.1, 0.15) is 11.4 Å². The highest BCUT2D eigenvalue weighted by Gasteiger charge is 2.13. The number of methoxy groups -OCH3 is 1. The van der Waals surface area contributed by atoms with Gasteiger partial charge in [-0.3, -0.25) is 4.79 Å². The lowest BCUT2D eigenvalue weighted by Crippen LogP contribution is -2.24. The number of hydrogen-bond acceptors (Lipinski definition) is 3. The van der Waals surface area contributed by atoms with Gasteiger partial charge in [0, 0.05) is 16.1 Å². The number of carboxylic acids is 1. The van der Waals surface area contributed by atoms with Crippen molar-refractivity contribution in [1.82, 2.24) is 5.32 Å². The third-order valence-electron chi connectivity index (χ3n) is 2.08. The van der Waals surface area contributed by atoms with Crippen molar-refractivity contribution in [1.29, 1.82) is 0 Å².